The third-order valence-corrected chi connectivity index (χ3v) is 6.98. The number of hydrogen-bond acceptors (Lipinski definition) is 5. The van der Waals surface area contributed by atoms with Crippen molar-refractivity contribution in [2.75, 3.05) is 5.32 Å². The lowest BCUT2D eigenvalue weighted by molar-refractivity contribution is -0.116. The number of anilines is 1. The highest BCUT2D eigenvalue weighted by Gasteiger charge is 2.37. The van der Waals surface area contributed by atoms with Gasteiger partial charge >= 0.3 is 0 Å². The molecule has 0 spiro atoms. The van der Waals surface area contributed by atoms with E-state index in [0.717, 1.165) is 29.7 Å². The number of allylic oxidation sites excluding steroid dienone is 2. The van der Waals surface area contributed by atoms with Crippen LogP contribution in [0.3, 0.4) is 0 Å². The smallest absolute Gasteiger partial charge is 0.257 e. The number of Topliss-reactive ketones (excluding diaryl/α,β-unsaturated/α-hetero) is 1. The van der Waals surface area contributed by atoms with Crippen LogP contribution in [0.2, 0.25) is 5.02 Å². The minimum Gasteiger partial charge on any atom is -0.343 e. The Kier molecular flexibility index (Phi) is 5.42. The molecule has 7 heteroatoms. The van der Waals surface area contributed by atoms with Crippen LogP contribution in [-0.2, 0) is 10.5 Å². The van der Waals surface area contributed by atoms with Crippen molar-refractivity contribution in [3.05, 3.63) is 97.9 Å². The molecule has 2 aromatic carbocycles. The summed E-state index contributed by atoms with van der Waals surface area (Å²) in [5.41, 5.74) is 3.77. The van der Waals surface area contributed by atoms with Crippen molar-refractivity contribution in [3.8, 4) is 0 Å². The predicted octanol–water partition coefficient (Wildman–Crippen LogP) is 5.28. The average Bonchev–Trinajstić information content (AvgIpc) is 2.78. The van der Waals surface area contributed by atoms with Gasteiger partial charge in [-0.05, 0) is 30.0 Å². The molecule has 31 heavy (non-hydrogen) atoms. The molecule has 1 atom stereocenters. The Morgan fingerprint density at radius 1 is 1.03 bits per heavy atom. The third kappa shape index (κ3) is 3.82. The summed E-state index contributed by atoms with van der Waals surface area (Å²) in [7, 11) is 0. The van der Waals surface area contributed by atoms with Crippen LogP contribution in [0.15, 0.2) is 75.8 Å². The topological polar surface area (TPSA) is 74.8 Å². The molecular formula is C24H20ClN3O2S. The number of thioether (sulfide) groups is 1. The van der Waals surface area contributed by atoms with Gasteiger partial charge in [-0.3, -0.25) is 9.59 Å². The van der Waals surface area contributed by atoms with Gasteiger partial charge in [0.1, 0.15) is 5.82 Å². The lowest BCUT2D eigenvalue weighted by Crippen LogP contribution is -2.32. The lowest BCUT2D eigenvalue weighted by Gasteiger charge is -2.32. The molecule has 0 saturated carbocycles. The molecule has 2 N–H and O–H groups in total. The summed E-state index contributed by atoms with van der Waals surface area (Å²) in [5.74, 6) is 0.826. The van der Waals surface area contributed by atoms with E-state index >= 15 is 0 Å². The Morgan fingerprint density at radius 2 is 1.81 bits per heavy atom. The van der Waals surface area contributed by atoms with E-state index in [2.05, 4.69) is 10.3 Å². The number of hydrogen-bond donors (Lipinski definition) is 2. The Bertz CT molecular complexity index is 1250. The second kappa shape index (κ2) is 8.36. The summed E-state index contributed by atoms with van der Waals surface area (Å²) in [6.07, 6.45) is 2.09. The second-order valence-electron chi connectivity index (χ2n) is 7.65. The Morgan fingerprint density at radius 3 is 2.61 bits per heavy atom. The maximum absolute atomic E-state index is 13.2. The molecular weight excluding hydrogens is 430 g/mol. The molecule has 0 radical (unpaired) electrons. The summed E-state index contributed by atoms with van der Waals surface area (Å²) in [4.78, 5) is 33.7. The monoisotopic (exact) mass is 449 g/mol. The summed E-state index contributed by atoms with van der Waals surface area (Å²) in [5, 5.41) is 4.52. The molecule has 5 nitrogen and oxygen atoms in total. The van der Waals surface area contributed by atoms with Gasteiger partial charge in [0, 0.05) is 34.4 Å². The number of ketones is 1. The molecule has 1 aromatic heterocycles. The molecule has 1 aliphatic heterocycles. The average molecular weight is 450 g/mol. The predicted molar refractivity (Wildman–Crippen MR) is 124 cm³/mol. The van der Waals surface area contributed by atoms with Crippen LogP contribution in [-0.4, -0.2) is 15.8 Å². The number of fused-ring (bicyclic) bond motifs is 1. The second-order valence-corrected chi connectivity index (χ2v) is 9.02. The van der Waals surface area contributed by atoms with Gasteiger partial charge < -0.3 is 10.3 Å². The number of nitrogens with zero attached hydrogens (tertiary/aromatic N) is 1. The van der Waals surface area contributed by atoms with Crippen LogP contribution in [0.4, 0.5) is 5.82 Å². The molecule has 0 bridgehead atoms. The molecule has 1 aliphatic carbocycles. The molecule has 156 valence electrons. The number of H-pyrrole nitrogens is 1. The first kappa shape index (κ1) is 20.1. The zero-order valence-corrected chi connectivity index (χ0v) is 18.2. The quantitative estimate of drug-likeness (QED) is 0.418. The highest BCUT2D eigenvalue weighted by Crippen LogP contribution is 2.43. The number of carbonyl (C=O) groups is 1. The fourth-order valence-corrected chi connectivity index (χ4v) is 5.40. The largest absolute Gasteiger partial charge is 0.343 e. The standard InChI is InChI=1S/C24H20ClN3O2S/c25-16-10-5-4-9-15(16)13-31-24-27-22-21(23(30)28-24)19(14-7-2-1-3-8-14)20-17(26-22)11-6-12-18(20)29/h1-5,7-10,19H,6,11-13H2,(H2,26,27,28,30)/t19-/m0/s1. The van der Waals surface area contributed by atoms with E-state index in [-0.39, 0.29) is 11.3 Å². The van der Waals surface area contributed by atoms with E-state index in [1.165, 1.54) is 11.8 Å². The van der Waals surface area contributed by atoms with Gasteiger partial charge in [-0.2, -0.15) is 0 Å². The fourth-order valence-electron chi connectivity index (χ4n) is 4.25. The Balaban J connectivity index is 1.56. The minimum atomic E-state index is -0.404. The molecule has 2 aliphatic rings. The number of benzene rings is 2. The number of rotatable bonds is 4. The van der Waals surface area contributed by atoms with Gasteiger partial charge in [0.15, 0.2) is 10.9 Å². The van der Waals surface area contributed by atoms with Crippen molar-refractivity contribution in [2.45, 2.75) is 36.1 Å². The molecule has 0 amide bonds. The Labute approximate surface area is 189 Å². The maximum atomic E-state index is 13.2. The molecule has 0 unspecified atom stereocenters. The Hall–Kier alpha value is -2.83. The van der Waals surface area contributed by atoms with Crippen LogP contribution in [0.5, 0.6) is 0 Å². The van der Waals surface area contributed by atoms with Crippen LogP contribution in [0.1, 0.15) is 41.9 Å². The van der Waals surface area contributed by atoms with Gasteiger partial charge in [0.05, 0.1) is 5.56 Å². The van der Waals surface area contributed by atoms with Crippen molar-refractivity contribution >= 4 is 35.0 Å². The van der Waals surface area contributed by atoms with E-state index < -0.39 is 5.92 Å². The van der Waals surface area contributed by atoms with Crippen molar-refractivity contribution in [2.24, 2.45) is 0 Å². The molecule has 3 aromatic rings. The van der Waals surface area contributed by atoms with E-state index in [1.807, 2.05) is 54.6 Å². The van der Waals surface area contributed by atoms with Gasteiger partial charge in [-0.25, -0.2) is 4.98 Å². The van der Waals surface area contributed by atoms with Crippen molar-refractivity contribution in [1.29, 1.82) is 0 Å². The first-order chi connectivity index (χ1) is 15.1. The number of aromatic amines is 1. The number of halogens is 1. The van der Waals surface area contributed by atoms with Gasteiger partial charge in [-0.1, -0.05) is 71.9 Å². The van der Waals surface area contributed by atoms with Crippen molar-refractivity contribution < 1.29 is 4.79 Å². The minimum absolute atomic E-state index is 0.102. The van der Waals surface area contributed by atoms with Crippen LogP contribution in [0.25, 0.3) is 0 Å². The van der Waals surface area contributed by atoms with Crippen LogP contribution < -0.4 is 10.9 Å². The molecule has 5 rings (SSSR count). The summed E-state index contributed by atoms with van der Waals surface area (Å²) in [6, 6.07) is 17.4. The van der Waals surface area contributed by atoms with E-state index in [4.69, 9.17) is 16.6 Å². The molecule has 0 fully saturated rings. The molecule has 0 saturated heterocycles. The zero-order chi connectivity index (χ0) is 21.4. The van der Waals surface area contributed by atoms with Crippen LogP contribution in [0, 0.1) is 0 Å². The van der Waals surface area contributed by atoms with Crippen molar-refractivity contribution in [3.63, 3.8) is 0 Å². The maximum Gasteiger partial charge on any atom is 0.257 e. The first-order valence-electron chi connectivity index (χ1n) is 10.2. The lowest BCUT2D eigenvalue weighted by atomic mass is 9.76. The van der Waals surface area contributed by atoms with E-state index in [1.54, 1.807) is 0 Å². The molecule has 2 heterocycles. The zero-order valence-electron chi connectivity index (χ0n) is 16.7. The van der Waals surface area contributed by atoms with Crippen molar-refractivity contribution in [1.82, 2.24) is 9.97 Å². The normalized spacial score (nSPS) is 17.7. The number of carbonyl (C=O) groups excluding carboxylic acids is 1. The summed E-state index contributed by atoms with van der Waals surface area (Å²) < 4.78 is 0. The first-order valence-corrected chi connectivity index (χ1v) is 11.6. The highest BCUT2D eigenvalue weighted by molar-refractivity contribution is 7.98. The SMILES string of the molecule is O=C1CCCC2=C1[C@H](c1ccccc1)c1c(nc(SCc3ccccc3Cl)[nH]c1=O)N2. The van der Waals surface area contributed by atoms with Gasteiger partial charge in [0.2, 0.25) is 0 Å². The van der Waals surface area contributed by atoms with Gasteiger partial charge in [-0.15, -0.1) is 0 Å². The fraction of sp³-hybridized carbons (Fsp3) is 0.208. The third-order valence-electron chi connectivity index (χ3n) is 5.69. The summed E-state index contributed by atoms with van der Waals surface area (Å²) >= 11 is 7.69. The highest BCUT2D eigenvalue weighted by atomic mass is 35.5. The number of nitrogens with one attached hydrogen (secondary N) is 2. The van der Waals surface area contributed by atoms with Gasteiger partial charge in [0.25, 0.3) is 5.56 Å². The van der Waals surface area contributed by atoms with Crippen LogP contribution >= 0.6 is 23.4 Å². The summed E-state index contributed by atoms with van der Waals surface area (Å²) in [6.45, 7) is 0. The van der Waals surface area contributed by atoms with E-state index in [0.29, 0.717) is 39.3 Å². The van der Waals surface area contributed by atoms with E-state index in [9.17, 15) is 9.59 Å². The number of aromatic nitrogens is 2.